The van der Waals surface area contributed by atoms with Crippen LogP contribution >= 0.6 is 0 Å². The third-order valence-corrected chi connectivity index (χ3v) is 0.798. The Morgan fingerprint density at radius 3 is 1.50 bits per heavy atom. The van der Waals surface area contributed by atoms with Crippen molar-refractivity contribution in [2.45, 2.75) is 0 Å². The summed E-state index contributed by atoms with van der Waals surface area (Å²) in [5.41, 5.74) is 18.7. The summed E-state index contributed by atoms with van der Waals surface area (Å²) in [4.78, 5) is 20.2. The lowest BCUT2D eigenvalue weighted by Gasteiger charge is -2.05. The highest BCUT2D eigenvalue weighted by Gasteiger charge is 1.90. The molecule has 0 bridgehead atoms. The van der Waals surface area contributed by atoms with E-state index in [0.717, 1.165) is 0 Å². The molecule has 0 aliphatic carbocycles. The summed E-state index contributed by atoms with van der Waals surface area (Å²) in [5.74, 6) is 0. The van der Waals surface area contributed by atoms with Crippen LogP contribution in [0.2, 0.25) is 0 Å². The number of carbonyl (C=O) groups excluding carboxylic acids is 2. The van der Waals surface area contributed by atoms with Crippen molar-refractivity contribution in [3.8, 4) is 0 Å². The minimum absolute atomic E-state index is 0.406. The Hall–Kier alpha value is -1.54. The SMILES string of the molecule is NC(=O)NNCCNNC(N)=O. The van der Waals surface area contributed by atoms with Gasteiger partial charge in [-0.15, -0.1) is 0 Å². The van der Waals surface area contributed by atoms with Gasteiger partial charge >= 0.3 is 12.1 Å². The summed E-state index contributed by atoms with van der Waals surface area (Å²) in [7, 11) is 0. The summed E-state index contributed by atoms with van der Waals surface area (Å²) in [6.45, 7) is 0.812. The number of nitrogens with two attached hydrogens (primary N) is 2. The molecule has 8 nitrogen and oxygen atoms in total. The summed E-state index contributed by atoms with van der Waals surface area (Å²) in [6.07, 6.45) is 0. The van der Waals surface area contributed by atoms with E-state index in [4.69, 9.17) is 11.5 Å². The predicted octanol–water partition coefficient (Wildman–Crippen LogP) is -2.67. The van der Waals surface area contributed by atoms with Crippen LogP contribution in [0.15, 0.2) is 0 Å². The highest BCUT2D eigenvalue weighted by Crippen LogP contribution is 1.53. The van der Waals surface area contributed by atoms with E-state index in [2.05, 4.69) is 21.7 Å². The van der Waals surface area contributed by atoms with Gasteiger partial charge in [-0.2, -0.15) is 0 Å². The van der Waals surface area contributed by atoms with Crippen molar-refractivity contribution in [1.29, 1.82) is 0 Å². The second-order valence-electron chi connectivity index (χ2n) is 1.83. The maximum atomic E-state index is 10.1. The number of hydrogen-bond acceptors (Lipinski definition) is 4. The third kappa shape index (κ3) is 8.46. The van der Waals surface area contributed by atoms with Crippen LogP contribution in [0.3, 0.4) is 0 Å². The van der Waals surface area contributed by atoms with Crippen LogP contribution < -0.4 is 33.2 Å². The Bertz CT molecular complexity index is 142. The first-order valence-corrected chi connectivity index (χ1v) is 3.19. The zero-order valence-electron chi connectivity index (χ0n) is 6.39. The summed E-state index contributed by atoms with van der Waals surface area (Å²) in [6, 6.07) is -1.34. The molecule has 0 saturated carbocycles. The van der Waals surface area contributed by atoms with Gasteiger partial charge in [0, 0.05) is 13.1 Å². The van der Waals surface area contributed by atoms with E-state index >= 15 is 0 Å². The molecule has 0 atom stereocenters. The van der Waals surface area contributed by atoms with Crippen LogP contribution in [-0.4, -0.2) is 25.2 Å². The van der Waals surface area contributed by atoms with Crippen molar-refractivity contribution >= 4 is 12.1 Å². The average molecular weight is 176 g/mol. The zero-order valence-corrected chi connectivity index (χ0v) is 6.39. The van der Waals surface area contributed by atoms with Crippen molar-refractivity contribution in [2.75, 3.05) is 13.1 Å². The van der Waals surface area contributed by atoms with Crippen LogP contribution in [0.5, 0.6) is 0 Å². The Labute approximate surface area is 69.0 Å². The number of nitrogens with one attached hydrogen (secondary N) is 4. The van der Waals surface area contributed by atoms with Crippen molar-refractivity contribution < 1.29 is 9.59 Å². The lowest BCUT2D eigenvalue weighted by atomic mass is 10.7. The third-order valence-electron chi connectivity index (χ3n) is 0.798. The molecule has 0 aromatic rings. The number of rotatable bonds is 5. The van der Waals surface area contributed by atoms with Crippen LogP contribution in [0, 0.1) is 0 Å². The minimum Gasteiger partial charge on any atom is -0.351 e. The number of urea groups is 2. The van der Waals surface area contributed by atoms with Crippen molar-refractivity contribution in [2.24, 2.45) is 11.5 Å². The lowest BCUT2D eigenvalue weighted by molar-refractivity contribution is 0.241. The molecule has 0 spiro atoms. The molecular formula is C4H12N6O2. The van der Waals surface area contributed by atoms with Crippen LogP contribution in [0.1, 0.15) is 0 Å². The van der Waals surface area contributed by atoms with Crippen LogP contribution in [0.25, 0.3) is 0 Å². The Morgan fingerprint density at radius 2 is 1.25 bits per heavy atom. The largest absolute Gasteiger partial charge is 0.351 e. The van der Waals surface area contributed by atoms with Gasteiger partial charge < -0.3 is 11.5 Å². The fourth-order valence-electron chi connectivity index (χ4n) is 0.424. The molecule has 0 aromatic carbocycles. The Balaban J connectivity index is 3.01. The second-order valence-corrected chi connectivity index (χ2v) is 1.83. The molecule has 0 aromatic heterocycles. The van der Waals surface area contributed by atoms with Gasteiger partial charge in [0.2, 0.25) is 0 Å². The van der Waals surface area contributed by atoms with Crippen molar-refractivity contribution in [3.05, 3.63) is 0 Å². The number of hydrazine groups is 2. The molecule has 0 fully saturated rings. The first-order valence-electron chi connectivity index (χ1n) is 3.19. The van der Waals surface area contributed by atoms with Crippen molar-refractivity contribution in [1.82, 2.24) is 21.7 Å². The van der Waals surface area contributed by atoms with E-state index in [1.165, 1.54) is 0 Å². The number of primary amides is 2. The number of hydrogen-bond donors (Lipinski definition) is 6. The molecular weight excluding hydrogens is 164 g/mol. The number of amides is 4. The molecule has 0 aliphatic rings. The van der Waals surface area contributed by atoms with Crippen LogP contribution in [0.4, 0.5) is 9.59 Å². The molecule has 0 saturated heterocycles. The average Bonchev–Trinajstić information content (AvgIpc) is 1.95. The maximum Gasteiger partial charge on any atom is 0.326 e. The van der Waals surface area contributed by atoms with Gasteiger partial charge in [-0.25, -0.2) is 20.4 Å². The van der Waals surface area contributed by atoms with Gasteiger partial charge in [0.25, 0.3) is 0 Å². The molecule has 0 heterocycles. The molecule has 0 radical (unpaired) electrons. The van der Waals surface area contributed by atoms with E-state index in [-0.39, 0.29) is 0 Å². The normalized spacial score (nSPS) is 9.00. The highest BCUT2D eigenvalue weighted by atomic mass is 16.2. The smallest absolute Gasteiger partial charge is 0.326 e. The van der Waals surface area contributed by atoms with E-state index in [1.807, 2.05) is 0 Å². The molecule has 0 rings (SSSR count). The zero-order chi connectivity index (χ0) is 9.40. The van der Waals surface area contributed by atoms with E-state index in [0.29, 0.717) is 13.1 Å². The van der Waals surface area contributed by atoms with Crippen LogP contribution in [-0.2, 0) is 0 Å². The van der Waals surface area contributed by atoms with Gasteiger partial charge in [0.05, 0.1) is 0 Å². The first-order chi connectivity index (χ1) is 5.63. The molecule has 8 N–H and O–H groups in total. The highest BCUT2D eigenvalue weighted by molar-refractivity contribution is 5.71. The van der Waals surface area contributed by atoms with Gasteiger partial charge in [-0.3, -0.25) is 10.9 Å². The summed E-state index contributed by atoms with van der Waals surface area (Å²) >= 11 is 0. The summed E-state index contributed by atoms with van der Waals surface area (Å²) < 4.78 is 0. The number of carbonyl (C=O) groups is 2. The van der Waals surface area contributed by atoms with Gasteiger partial charge in [0.15, 0.2) is 0 Å². The maximum absolute atomic E-state index is 10.1. The molecule has 12 heavy (non-hydrogen) atoms. The predicted molar refractivity (Wildman–Crippen MR) is 41.4 cm³/mol. The molecule has 0 aliphatic heterocycles. The van der Waals surface area contributed by atoms with Gasteiger partial charge in [-0.1, -0.05) is 0 Å². The van der Waals surface area contributed by atoms with Crippen molar-refractivity contribution in [3.63, 3.8) is 0 Å². The second kappa shape index (κ2) is 6.19. The lowest BCUT2D eigenvalue weighted by Crippen LogP contribution is -2.47. The molecule has 4 amide bonds. The van der Waals surface area contributed by atoms with E-state index in [1.54, 1.807) is 0 Å². The Morgan fingerprint density at radius 1 is 0.917 bits per heavy atom. The van der Waals surface area contributed by atoms with E-state index in [9.17, 15) is 9.59 Å². The standard InChI is InChI=1S/C4H12N6O2/c5-3(11)9-7-1-2-8-10-4(6)12/h7-8H,1-2H2,(H3,5,9,11)(H3,6,10,12). The molecule has 70 valence electrons. The molecule has 8 heteroatoms. The minimum atomic E-state index is -0.669. The van der Waals surface area contributed by atoms with E-state index < -0.39 is 12.1 Å². The molecule has 0 unspecified atom stereocenters. The summed E-state index contributed by atoms with van der Waals surface area (Å²) in [5, 5.41) is 0. The quantitative estimate of drug-likeness (QED) is 0.201. The fourth-order valence-corrected chi connectivity index (χ4v) is 0.424. The van der Waals surface area contributed by atoms with Gasteiger partial charge in [-0.05, 0) is 0 Å². The Kier molecular flexibility index (Phi) is 5.39. The first kappa shape index (κ1) is 10.5. The van der Waals surface area contributed by atoms with Gasteiger partial charge in [0.1, 0.15) is 0 Å². The fraction of sp³-hybridized carbons (Fsp3) is 0.500. The monoisotopic (exact) mass is 176 g/mol. The topological polar surface area (TPSA) is 134 Å².